The zero-order valence-corrected chi connectivity index (χ0v) is 11.3. The summed E-state index contributed by atoms with van der Waals surface area (Å²) in [4.78, 5) is -0.0893. The Bertz CT molecular complexity index is 732. The average Bonchev–Trinajstić information content (AvgIpc) is 2.36. The van der Waals surface area contributed by atoms with Gasteiger partial charge in [0.15, 0.2) is 0 Å². The molecule has 0 saturated heterocycles. The van der Waals surface area contributed by atoms with Crippen LogP contribution in [0.15, 0.2) is 47.4 Å². The molecule has 0 atom stereocenters. The molecule has 0 aromatic heterocycles. The van der Waals surface area contributed by atoms with Crippen molar-refractivity contribution in [3.05, 3.63) is 53.8 Å². The summed E-state index contributed by atoms with van der Waals surface area (Å²) < 4.78 is 36.1. The number of hydrogen-bond acceptors (Lipinski definition) is 4. The van der Waals surface area contributed by atoms with E-state index in [9.17, 15) is 12.8 Å². The van der Waals surface area contributed by atoms with E-state index in [1.165, 1.54) is 18.2 Å². The molecule has 0 fully saturated rings. The van der Waals surface area contributed by atoms with Gasteiger partial charge in [-0.25, -0.2) is 17.9 Å². The SMILES string of the molecule is Nc1cc(NCc2ccccc2F)cc(S(N)(=O)=O)c1. The Morgan fingerprint density at radius 3 is 2.50 bits per heavy atom. The van der Waals surface area contributed by atoms with Crippen LogP contribution in [-0.4, -0.2) is 8.42 Å². The quantitative estimate of drug-likeness (QED) is 0.747. The van der Waals surface area contributed by atoms with Gasteiger partial charge < -0.3 is 11.1 Å². The molecular formula is C13H14FN3O2S. The first-order valence-electron chi connectivity index (χ1n) is 5.77. The van der Waals surface area contributed by atoms with E-state index in [-0.39, 0.29) is 22.9 Å². The summed E-state index contributed by atoms with van der Waals surface area (Å²) >= 11 is 0. The number of benzene rings is 2. The number of anilines is 2. The molecule has 0 heterocycles. The zero-order chi connectivity index (χ0) is 14.8. The second kappa shape index (κ2) is 5.48. The summed E-state index contributed by atoms with van der Waals surface area (Å²) in [5, 5.41) is 7.97. The standard InChI is InChI=1S/C13H14FN3O2S/c14-13-4-2-1-3-9(13)8-17-11-5-10(15)6-12(7-11)20(16,18)19/h1-7,17H,8,15H2,(H2,16,18,19). The van der Waals surface area contributed by atoms with E-state index in [4.69, 9.17) is 10.9 Å². The van der Waals surface area contributed by atoms with Gasteiger partial charge in [-0.2, -0.15) is 0 Å². The number of hydrogen-bond donors (Lipinski definition) is 3. The fourth-order valence-electron chi connectivity index (χ4n) is 1.73. The minimum atomic E-state index is -3.83. The summed E-state index contributed by atoms with van der Waals surface area (Å²) in [6, 6.07) is 10.5. The van der Waals surface area contributed by atoms with Gasteiger partial charge in [-0.1, -0.05) is 18.2 Å². The van der Waals surface area contributed by atoms with Crippen LogP contribution in [0.5, 0.6) is 0 Å². The summed E-state index contributed by atoms with van der Waals surface area (Å²) in [6.45, 7) is 0.209. The molecule has 0 bridgehead atoms. The summed E-state index contributed by atoms with van der Waals surface area (Å²) in [6.07, 6.45) is 0. The van der Waals surface area contributed by atoms with Crippen LogP contribution in [-0.2, 0) is 16.6 Å². The molecule has 0 saturated carbocycles. The predicted octanol–water partition coefficient (Wildman–Crippen LogP) is 1.67. The highest BCUT2D eigenvalue weighted by Crippen LogP contribution is 2.20. The molecule has 0 amide bonds. The van der Waals surface area contributed by atoms with Crippen LogP contribution < -0.4 is 16.2 Å². The lowest BCUT2D eigenvalue weighted by Crippen LogP contribution is -2.13. The van der Waals surface area contributed by atoms with Gasteiger partial charge in [-0.3, -0.25) is 0 Å². The minimum absolute atomic E-state index is 0.0893. The molecule has 0 aliphatic rings. The van der Waals surface area contributed by atoms with Crippen molar-refractivity contribution in [1.82, 2.24) is 0 Å². The molecule has 0 unspecified atom stereocenters. The molecule has 0 aliphatic heterocycles. The van der Waals surface area contributed by atoms with E-state index in [2.05, 4.69) is 5.32 Å². The maximum Gasteiger partial charge on any atom is 0.238 e. The molecule has 0 spiro atoms. The summed E-state index contributed by atoms with van der Waals surface area (Å²) in [7, 11) is -3.83. The van der Waals surface area contributed by atoms with Crippen LogP contribution in [0.1, 0.15) is 5.56 Å². The Balaban J connectivity index is 2.22. The van der Waals surface area contributed by atoms with Crippen LogP contribution in [0.3, 0.4) is 0 Å². The van der Waals surface area contributed by atoms with Crippen molar-refractivity contribution in [2.45, 2.75) is 11.4 Å². The van der Waals surface area contributed by atoms with Crippen molar-refractivity contribution in [2.24, 2.45) is 5.14 Å². The van der Waals surface area contributed by atoms with Gasteiger partial charge in [-0.15, -0.1) is 0 Å². The van der Waals surface area contributed by atoms with Crippen molar-refractivity contribution >= 4 is 21.4 Å². The molecular weight excluding hydrogens is 281 g/mol. The molecule has 20 heavy (non-hydrogen) atoms. The first-order valence-corrected chi connectivity index (χ1v) is 7.31. The van der Waals surface area contributed by atoms with Crippen molar-refractivity contribution < 1.29 is 12.8 Å². The lowest BCUT2D eigenvalue weighted by atomic mass is 10.2. The van der Waals surface area contributed by atoms with Crippen LogP contribution in [0, 0.1) is 5.82 Å². The Hall–Kier alpha value is -2.12. The summed E-state index contributed by atoms with van der Waals surface area (Å²) in [5.74, 6) is -0.337. The number of primary sulfonamides is 1. The first kappa shape index (κ1) is 14.3. The van der Waals surface area contributed by atoms with Gasteiger partial charge in [-0.05, 0) is 24.3 Å². The van der Waals surface area contributed by atoms with Crippen molar-refractivity contribution in [2.75, 3.05) is 11.1 Å². The largest absolute Gasteiger partial charge is 0.399 e. The molecule has 5 N–H and O–H groups in total. The van der Waals surface area contributed by atoms with Gasteiger partial charge in [0.05, 0.1) is 4.90 Å². The fourth-order valence-corrected chi connectivity index (χ4v) is 2.32. The zero-order valence-electron chi connectivity index (χ0n) is 10.5. The number of halogens is 1. The highest BCUT2D eigenvalue weighted by atomic mass is 32.2. The van der Waals surface area contributed by atoms with Gasteiger partial charge in [0.2, 0.25) is 10.0 Å². The van der Waals surface area contributed by atoms with E-state index in [0.29, 0.717) is 11.3 Å². The van der Waals surface area contributed by atoms with Crippen molar-refractivity contribution in [3.8, 4) is 0 Å². The molecule has 7 heteroatoms. The van der Waals surface area contributed by atoms with Crippen LogP contribution >= 0.6 is 0 Å². The van der Waals surface area contributed by atoms with Crippen molar-refractivity contribution in [1.29, 1.82) is 0 Å². The second-order valence-corrected chi connectivity index (χ2v) is 5.84. The normalized spacial score (nSPS) is 11.3. The Kier molecular flexibility index (Phi) is 3.91. The van der Waals surface area contributed by atoms with Crippen LogP contribution in [0.2, 0.25) is 0 Å². The van der Waals surface area contributed by atoms with E-state index < -0.39 is 10.0 Å². The fraction of sp³-hybridized carbons (Fsp3) is 0.0769. The number of nitrogens with two attached hydrogens (primary N) is 2. The predicted molar refractivity (Wildman–Crippen MR) is 76.0 cm³/mol. The molecule has 2 aromatic rings. The average molecular weight is 295 g/mol. The van der Waals surface area contributed by atoms with Gasteiger partial charge >= 0.3 is 0 Å². The maximum atomic E-state index is 13.5. The summed E-state index contributed by atoms with van der Waals surface area (Å²) in [5.41, 5.74) is 6.80. The van der Waals surface area contributed by atoms with Gasteiger partial charge in [0.1, 0.15) is 5.82 Å². The molecule has 106 valence electrons. The van der Waals surface area contributed by atoms with E-state index >= 15 is 0 Å². The molecule has 5 nitrogen and oxygen atoms in total. The Morgan fingerprint density at radius 2 is 1.85 bits per heavy atom. The van der Waals surface area contributed by atoms with Gasteiger partial charge in [0, 0.05) is 23.5 Å². The highest BCUT2D eigenvalue weighted by Gasteiger charge is 2.10. The number of nitrogens with one attached hydrogen (secondary N) is 1. The number of sulfonamides is 1. The van der Waals surface area contributed by atoms with E-state index in [1.54, 1.807) is 24.3 Å². The second-order valence-electron chi connectivity index (χ2n) is 4.28. The smallest absolute Gasteiger partial charge is 0.238 e. The maximum absolute atomic E-state index is 13.5. The third kappa shape index (κ3) is 3.46. The monoisotopic (exact) mass is 295 g/mol. The molecule has 0 radical (unpaired) electrons. The third-order valence-electron chi connectivity index (χ3n) is 2.70. The third-order valence-corrected chi connectivity index (χ3v) is 3.59. The van der Waals surface area contributed by atoms with E-state index in [1.807, 2.05) is 0 Å². The topological polar surface area (TPSA) is 98.2 Å². The number of rotatable bonds is 4. The van der Waals surface area contributed by atoms with E-state index in [0.717, 1.165) is 0 Å². The lowest BCUT2D eigenvalue weighted by Gasteiger charge is -2.10. The molecule has 2 rings (SSSR count). The molecule has 2 aromatic carbocycles. The Morgan fingerprint density at radius 1 is 1.15 bits per heavy atom. The number of nitrogen functional groups attached to an aromatic ring is 1. The highest BCUT2D eigenvalue weighted by molar-refractivity contribution is 7.89. The Labute approximate surface area is 116 Å². The minimum Gasteiger partial charge on any atom is -0.399 e. The van der Waals surface area contributed by atoms with Crippen LogP contribution in [0.25, 0.3) is 0 Å². The molecule has 0 aliphatic carbocycles. The first-order chi connectivity index (χ1) is 9.36. The lowest BCUT2D eigenvalue weighted by molar-refractivity contribution is 0.597. The van der Waals surface area contributed by atoms with Crippen LogP contribution in [0.4, 0.5) is 15.8 Å². The van der Waals surface area contributed by atoms with Gasteiger partial charge in [0.25, 0.3) is 0 Å². The van der Waals surface area contributed by atoms with Crippen molar-refractivity contribution in [3.63, 3.8) is 0 Å².